The lowest BCUT2D eigenvalue weighted by molar-refractivity contribution is -0.138. The first kappa shape index (κ1) is 31.4. The Kier molecular flexibility index (Phi) is 15.3. The third-order valence-corrected chi connectivity index (χ3v) is 6.52. The molecule has 0 unspecified atom stereocenters. The van der Waals surface area contributed by atoms with Gasteiger partial charge in [0.15, 0.2) is 0 Å². The second-order valence-corrected chi connectivity index (χ2v) is 10.5. The van der Waals surface area contributed by atoms with Crippen LogP contribution in [0.15, 0.2) is 61.2 Å². The zero-order valence-electron chi connectivity index (χ0n) is 23.0. The summed E-state index contributed by atoms with van der Waals surface area (Å²) in [7, 11) is 0. The van der Waals surface area contributed by atoms with Gasteiger partial charge in [-0.15, -0.1) is 11.6 Å². The van der Waals surface area contributed by atoms with E-state index in [2.05, 4.69) is 6.58 Å². The minimum absolute atomic E-state index is 0.334. The maximum absolute atomic E-state index is 12.1. The van der Waals surface area contributed by atoms with Gasteiger partial charge in [-0.1, -0.05) is 89.6 Å². The van der Waals surface area contributed by atoms with Crippen molar-refractivity contribution in [3.63, 3.8) is 0 Å². The molecule has 38 heavy (non-hydrogen) atoms. The highest BCUT2D eigenvalue weighted by Crippen LogP contribution is 2.25. The molecule has 0 saturated heterocycles. The summed E-state index contributed by atoms with van der Waals surface area (Å²) in [5.74, 6) is 0.957. The van der Waals surface area contributed by atoms with Crippen molar-refractivity contribution >= 4 is 23.5 Å². The number of benzene rings is 2. The lowest BCUT2D eigenvalue weighted by atomic mass is 10.1. The molecule has 2 aromatic carbocycles. The molecule has 0 amide bonds. The van der Waals surface area contributed by atoms with Crippen LogP contribution in [0, 0.1) is 5.92 Å². The molecule has 0 saturated carbocycles. The standard InChI is InChI=1S/C32H43ClO5/c1-4-31(34)37-23-13-11-9-7-5-6-8-10-12-22-36-28-18-14-26(15-19-28)27-16-20-29(21-17-27)38-32(35)30(33)24-25(2)3/h4,14-21,25,30H,1,5-13,22-24H2,2-3H3/t30-/m0/s1. The molecule has 0 aliphatic heterocycles. The molecule has 2 rings (SSSR count). The van der Waals surface area contributed by atoms with Gasteiger partial charge in [0, 0.05) is 6.08 Å². The molecule has 0 aromatic heterocycles. The molecule has 0 fully saturated rings. The van der Waals surface area contributed by atoms with Crippen LogP contribution in [0.3, 0.4) is 0 Å². The van der Waals surface area contributed by atoms with E-state index < -0.39 is 11.3 Å². The summed E-state index contributed by atoms with van der Waals surface area (Å²) >= 11 is 6.13. The van der Waals surface area contributed by atoms with Crippen molar-refractivity contribution in [1.29, 1.82) is 0 Å². The van der Waals surface area contributed by atoms with Crippen molar-refractivity contribution < 1.29 is 23.8 Å². The molecule has 0 heterocycles. The Hall–Kier alpha value is -2.79. The average Bonchev–Trinajstić information content (AvgIpc) is 2.91. The number of hydrogen-bond acceptors (Lipinski definition) is 5. The Morgan fingerprint density at radius 2 is 1.24 bits per heavy atom. The largest absolute Gasteiger partial charge is 0.494 e. The highest BCUT2D eigenvalue weighted by Gasteiger charge is 2.19. The van der Waals surface area contributed by atoms with Crippen molar-refractivity contribution in [2.45, 2.75) is 83.4 Å². The molecule has 5 nitrogen and oxygen atoms in total. The summed E-state index contributed by atoms with van der Waals surface area (Å²) in [4.78, 5) is 23.1. The molecule has 2 aromatic rings. The highest BCUT2D eigenvalue weighted by atomic mass is 35.5. The minimum atomic E-state index is -0.633. The number of halogens is 1. The van der Waals surface area contributed by atoms with E-state index in [-0.39, 0.29) is 5.97 Å². The summed E-state index contributed by atoms with van der Waals surface area (Å²) in [5.41, 5.74) is 2.11. The zero-order valence-corrected chi connectivity index (χ0v) is 23.7. The van der Waals surface area contributed by atoms with Gasteiger partial charge in [0.05, 0.1) is 13.2 Å². The molecule has 0 N–H and O–H groups in total. The maximum Gasteiger partial charge on any atom is 0.330 e. The molecule has 0 spiro atoms. The van der Waals surface area contributed by atoms with Gasteiger partial charge in [-0.05, 0) is 60.6 Å². The first-order valence-electron chi connectivity index (χ1n) is 13.9. The maximum atomic E-state index is 12.1. The Balaban J connectivity index is 1.56. The second kappa shape index (κ2) is 18.5. The molecular formula is C32H43ClO5. The van der Waals surface area contributed by atoms with Crippen LogP contribution in [0.2, 0.25) is 0 Å². The van der Waals surface area contributed by atoms with Crippen LogP contribution in [-0.2, 0) is 14.3 Å². The Bertz CT molecular complexity index is 953. The summed E-state index contributed by atoms with van der Waals surface area (Å²) in [6, 6.07) is 15.5. The summed E-state index contributed by atoms with van der Waals surface area (Å²) < 4.78 is 16.3. The van der Waals surface area contributed by atoms with Gasteiger partial charge in [-0.25, -0.2) is 4.79 Å². The van der Waals surface area contributed by atoms with Gasteiger partial charge >= 0.3 is 11.9 Å². The molecule has 1 atom stereocenters. The van der Waals surface area contributed by atoms with Crippen molar-refractivity contribution in [3.8, 4) is 22.6 Å². The predicted molar refractivity (Wildman–Crippen MR) is 155 cm³/mol. The number of carbonyl (C=O) groups is 2. The zero-order chi connectivity index (χ0) is 27.6. The Morgan fingerprint density at radius 3 is 1.74 bits per heavy atom. The van der Waals surface area contributed by atoms with Crippen LogP contribution in [0.4, 0.5) is 0 Å². The number of carbonyl (C=O) groups excluding carboxylic acids is 2. The van der Waals surface area contributed by atoms with E-state index in [0.29, 0.717) is 24.7 Å². The molecular weight excluding hydrogens is 500 g/mol. The van der Waals surface area contributed by atoms with Crippen molar-refractivity contribution in [3.05, 3.63) is 61.2 Å². The van der Waals surface area contributed by atoms with E-state index in [1.54, 1.807) is 12.1 Å². The van der Waals surface area contributed by atoms with Gasteiger partial charge in [0.2, 0.25) is 0 Å². The van der Waals surface area contributed by atoms with Crippen molar-refractivity contribution in [1.82, 2.24) is 0 Å². The predicted octanol–water partition coefficient (Wildman–Crippen LogP) is 8.53. The van der Waals surface area contributed by atoms with Gasteiger partial charge in [0.1, 0.15) is 16.9 Å². The van der Waals surface area contributed by atoms with Crippen LogP contribution in [0.25, 0.3) is 11.1 Å². The molecule has 6 heteroatoms. The normalized spacial score (nSPS) is 11.7. The average molecular weight is 543 g/mol. The van der Waals surface area contributed by atoms with Gasteiger partial charge in [-0.3, -0.25) is 4.79 Å². The van der Waals surface area contributed by atoms with E-state index >= 15 is 0 Å². The van der Waals surface area contributed by atoms with E-state index in [1.807, 2.05) is 50.2 Å². The molecule has 0 radical (unpaired) electrons. The van der Waals surface area contributed by atoms with E-state index in [1.165, 1.54) is 44.6 Å². The van der Waals surface area contributed by atoms with Crippen molar-refractivity contribution in [2.75, 3.05) is 13.2 Å². The van der Waals surface area contributed by atoms with Crippen LogP contribution in [-0.4, -0.2) is 30.5 Å². The molecule has 0 bridgehead atoms. The smallest absolute Gasteiger partial charge is 0.330 e. The lowest BCUT2D eigenvalue weighted by Crippen LogP contribution is -2.22. The fourth-order valence-corrected chi connectivity index (χ4v) is 4.41. The first-order valence-corrected chi connectivity index (χ1v) is 14.3. The summed E-state index contributed by atoms with van der Waals surface area (Å²) in [6.07, 6.45) is 12.2. The Labute approximate surface area is 233 Å². The molecule has 0 aliphatic carbocycles. The summed E-state index contributed by atoms with van der Waals surface area (Å²) in [6.45, 7) is 8.65. The number of ether oxygens (including phenoxy) is 3. The number of hydrogen-bond donors (Lipinski definition) is 0. The quantitative estimate of drug-likeness (QED) is 0.0585. The van der Waals surface area contributed by atoms with Crippen LogP contribution >= 0.6 is 11.6 Å². The number of alkyl halides is 1. The fourth-order valence-electron chi connectivity index (χ4n) is 4.01. The van der Waals surface area contributed by atoms with E-state index in [4.69, 9.17) is 25.8 Å². The first-order chi connectivity index (χ1) is 18.4. The monoisotopic (exact) mass is 542 g/mol. The number of esters is 2. The Morgan fingerprint density at radius 1 is 0.763 bits per heavy atom. The van der Waals surface area contributed by atoms with E-state index in [9.17, 15) is 9.59 Å². The SMILES string of the molecule is C=CC(=O)OCCCCCCCCCCCOc1ccc(-c2ccc(OC(=O)[C@@H](Cl)CC(C)C)cc2)cc1. The second-order valence-electron chi connectivity index (χ2n) is 9.97. The van der Waals surface area contributed by atoms with Crippen LogP contribution in [0.5, 0.6) is 11.5 Å². The number of rotatable bonds is 19. The molecule has 208 valence electrons. The van der Waals surface area contributed by atoms with Crippen LogP contribution < -0.4 is 9.47 Å². The summed E-state index contributed by atoms with van der Waals surface area (Å²) in [5, 5.41) is -0.633. The fraction of sp³-hybridized carbons (Fsp3) is 0.500. The minimum Gasteiger partial charge on any atom is -0.494 e. The third-order valence-electron chi connectivity index (χ3n) is 6.16. The van der Waals surface area contributed by atoms with Gasteiger partial charge in [-0.2, -0.15) is 0 Å². The lowest BCUT2D eigenvalue weighted by Gasteiger charge is -2.12. The van der Waals surface area contributed by atoms with Crippen LogP contribution in [0.1, 0.15) is 78.1 Å². The van der Waals surface area contributed by atoms with Crippen molar-refractivity contribution in [2.24, 2.45) is 5.92 Å². The van der Waals surface area contributed by atoms with E-state index in [0.717, 1.165) is 42.7 Å². The number of unbranched alkanes of at least 4 members (excludes halogenated alkanes) is 8. The van der Waals surface area contributed by atoms with Gasteiger partial charge < -0.3 is 14.2 Å². The molecule has 0 aliphatic rings. The topological polar surface area (TPSA) is 61.8 Å². The van der Waals surface area contributed by atoms with Gasteiger partial charge in [0.25, 0.3) is 0 Å². The highest BCUT2D eigenvalue weighted by molar-refractivity contribution is 6.30. The third kappa shape index (κ3) is 13.1.